The van der Waals surface area contributed by atoms with Crippen molar-refractivity contribution in [2.24, 2.45) is 0 Å². The molecule has 0 aliphatic carbocycles. The summed E-state index contributed by atoms with van der Waals surface area (Å²) >= 11 is 0. The van der Waals surface area contributed by atoms with Gasteiger partial charge in [0.15, 0.2) is 0 Å². The van der Waals surface area contributed by atoms with Gasteiger partial charge in [-0.15, -0.1) is 0 Å². The number of hydrogen-bond donors (Lipinski definition) is 1. The van der Waals surface area contributed by atoms with E-state index < -0.39 is 26.3 Å². The molecule has 1 aliphatic heterocycles. The number of ether oxygens (including phenoxy) is 1. The Kier molecular flexibility index (Phi) is 4.04. The van der Waals surface area contributed by atoms with Gasteiger partial charge in [-0.05, 0) is 31.5 Å². The monoisotopic (exact) mass is 321 g/mol. The van der Waals surface area contributed by atoms with E-state index in [0.29, 0.717) is 19.6 Å². The van der Waals surface area contributed by atoms with E-state index in [4.69, 9.17) is 15.4 Å². The van der Waals surface area contributed by atoms with Crippen LogP contribution in [0.5, 0.6) is 0 Å². The molecule has 1 fully saturated rings. The maximum absolute atomic E-state index is 13.8. The molecule has 20 heavy (non-hydrogen) atoms. The summed E-state index contributed by atoms with van der Waals surface area (Å²) in [6, 6.07) is 2.91. The number of carbonyl (C=O) groups excluding carboxylic acids is 1. The molecule has 0 spiro atoms. The number of benzene rings is 1. The predicted octanol–water partition coefficient (Wildman–Crippen LogP) is 1.66. The number of nitrogens with one attached hydrogen (secondary N) is 1. The van der Waals surface area contributed by atoms with Crippen LogP contribution in [-0.4, -0.2) is 33.1 Å². The van der Waals surface area contributed by atoms with Crippen molar-refractivity contribution in [1.29, 1.82) is 0 Å². The van der Waals surface area contributed by atoms with Crippen LogP contribution in [0.2, 0.25) is 0 Å². The lowest BCUT2D eigenvalue weighted by molar-refractivity contribution is 0.0885. The topological polar surface area (TPSA) is 72.5 Å². The van der Waals surface area contributed by atoms with Gasteiger partial charge >= 0.3 is 0 Å². The molecule has 0 saturated carbocycles. The van der Waals surface area contributed by atoms with Gasteiger partial charge < -0.3 is 10.1 Å². The Labute approximate surface area is 120 Å². The molecule has 110 valence electrons. The molecule has 1 aliphatic rings. The average molecular weight is 322 g/mol. The van der Waals surface area contributed by atoms with E-state index in [2.05, 4.69) is 5.32 Å². The van der Waals surface area contributed by atoms with E-state index in [1.165, 1.54) is 0 Å². The van der Waals surface area contributed by atoms with Crippen molar-refractivity contribution in [1.82, 2.24) is 5.32 Å². The normalized spacial score (nSPS) is 22.8. The van der Waals surface area contributed by atoms with E-state index in [1.807, 2.05) is 0 Å². The molecular formula is C12H13ClFNO4S. The summed E-state index contributed by atoms with van der Waals surface area (Å²) in [7, 11) is 1.09. The third-order valence-electron chi connectivity index (χ3n) is 3.10. The van der Waals surface area contributed by atoms with Crippen molar-refractivity contribution >= 4 is 25.6 Å². The van der Waals surface area contributed by atoms with Crippen LogP contribution < -0.4 is 5.32 Å². The van der Waals surface area contributed by atoms with Crippen molar-refractivity contribution < 1.29 is 22.3 Å². The molecule has 2 rings (SSSR count). The molecule has 0 aromatic heterocycles. The lowest BCUT2D eigenvalue weighted by atomic mass is 10.0. The van der Waals surface area contributed by atoms with Crippen LogP contribution in [0.15, 0.2) is 23.1 Å². The Hall–Kier alpha value is -1.18. The Balaban J connectivity index is 2.23. The third kappa shape index (κ3) is 3.28. The SMILES string of the molecule is CC1(NC(=O)c2ccc(S(=O)(=O)Cl)cc2F)CCOC1. The molecule has 1 N–H and O–H groups in total. The van der Waals surface area contributed by atoms with Crippen molar-refractivity contribution in [2.75, 3.05) is 13.2 Å². The molecule has 0 bridgehead atoms. The molecule has 1 heterocycles. The minimum absolute atomic E-state index is 0.234. The Morgan fingerprint density at radius 1 is 1.50 bits per heavy atom. The third-order valence-corrected chi connectivity index (χ3v) is 4.45. The van der Waals surface area contributed by atoms with Gasteiger partial charge in [0.05, 0.1) is 22.6 Å². The highest BCUT2D eigenvalue weighted by atomic mass is 35.7. The van der Waals surface area contributed by atoms with Crippen molar-refractivity contribution in [3.05, 3.63) is 29.6 Å². The Morgan fingerprint density at radius 2 is 2.20 bits per heavy atom. The lowest BCUT2D eigenvalue weighted by Crippen LogP contribution is -2.46. The summed E-state index contributed by atoms with van der Waals surface area (Å²) in [4.78, 5) is 11.6. The summed E-state index contributed by atoms with van der Waals surface area (Å²) in [5.74, 6) is -1.55. The highest BCUT2D eigenvalue weighted by molar-refractivity contribution is 8.13. The summed E-state index contributed by atoms with van der Waals surface area (Å²) in [6.45, 7) is 2.69. The molecule has 8 heteroatoms. The standard InChI is InChI=1S/C12H13ClFNO4S/c1-12(4-5-19-7-12)15-11(16)9-3-2-8(6-10(9)14)20(13,17)18/h2-3,6H,4-5,7H2,1H3,(H,15,16). The number of amides is 1. The lowest BCUT2D eigenvalue weighted by Gasteiger charge is -2.23. The van der Waals surface area contributed by atoms with Crippen LogP contribution in [0.25, 0.3) is 0 Å². The van der Waals surface area contributed by atoms with E-state index >= 15 is 0 Å². The molecule has 1 unspecified atom stereocenters. The maximum atomic E-state index is 13.8. The largest absolute Gasteiger partial charge is 0.379 e. The van der Waals surface area contributed by atoms with Gasteiger partial charge in [-0.2, -0.15) is 0 Å². The Morgan fingerprint density at radius 3 is 2.70 bits per heavy atom. The number of rotatable bonds is 3. The van der Waals surface area contributed by atoms with Crippen LogP contribution in [0, 0.1) is 5.82 Å². The second-order valence-electron chi connectivity index (χ2n) is 4.90. The Bertz CT molecular complexity index is 641. The molecule has 1 saturated heterocycles. The number of hydrogen-bond acceptors (Lipinski definition) is 4. The summed E-state index contributed by atoms with van der Waals surface area (Å²) < 4.78 is 41.2. The fourth-order valence-corrected chi connectivity index (χ4v) is 2.70. The molecule has 1 amide bonds. The highest BCUT2D eigenvalue weighted by Crippen LogP contribution is 2.21. The molecule has 1 atom stereocenters. The fraction of sp³-hybridized carbons (Fsp3) is 0.417. The van der Waals surface area contributed by atoms with Crippen molar-refractivity contribution in [2.45, 2.75) is 23.8 Å². The van der Waals surface area contributed by atoms with Gasteiger partial charge in [0, 0.05) is 17.3 Å². The fourth-order valence-electron chi connectivity index (χ4n) is 1.94. The van der Waals surface area contributed by atoms with Crippen LogP contribution >= 0.6 is 10.7 Å². The molecular weight excluding hydrogens is 309 g/mol. The smallest absolute Gasteiger partial charge is 0.261 e. The zero-order valence-electron chi connectivity index (χ0n) is 10.7. The van der Waals surface area contributed by atoms with Gasteiger partial charge in [0.1, 0.15) is 5.82 Å². The zero-order valence-corrected chi connectivity index (χ0v) is 12.2. The molecule has 5 nitrogen and oxygen atoms in total. The predicted molar refractivity (Wildman–Crippen MR) is 70.7 cm³/mol. The van der Waals surface area contributed by atoms with Crippen LogP contribution in [0.3, 0.4) is 0 Å². The van der Waals surface area contributed by atoms with Gasteiger partial charge in [-0.3, -0.25) is 4.79 Å². The van der Waals surface area contributed by atoms with E-state index in [0.717, 1.165) is 18.2 Å². The second kappa shape index (κ2) is 5.31. The number of carbonyl (C=O) groups is 1. The number of halogens is 2. The maximum Gasteiger partial charge on any atom is 0.261 e. The van der Waals surface area contributed by atoms with Crippen LogP contribution in [0.4, 0.5) is 4.39 Å². The molecule has 0 radical (unpaired) electrons. The average Bonchev–Trinajstić information content (AvgIpc) is 2.74. The quantitative estimate of drug-likeness (QED) is 0.859. The summed E-state index contributed by atoms with van der Waals surface area (Å²) in [5, 5.41) is 2.68. The first-order valence-corrected chi connectivity index (χ1v) is 8.17. The minimum Gasteiger partial charge on any atom is -0.379 e. The van der Waals surface area contributed by atoms with Crippen molar-refractivity contribution in [3.8, 4) is 0 Å². The molecule has 1 aromatic carbocycles. The summed E-state index contributed by atoms with van der Waals surface area (Å²) in [5.41, 5.74) is -0.775. The zero-order chi connectivity index (χ0) is 15.0. The van der Waals surface area contributed by atoms with Gasteiger partial charge in [-0.25, -0.2) is 12.8 Å². The first-order chi connectivity index (χ1) is 9.21. The summed E-state index contributed by atoms with van der Waals surface area (Å²) in [6.07, 6.45) is 0.633. The van der Waals surface area contributed by atoms with Crippen LogP contribution in [0.1, 0.15) is 23.7 Å². The van der Waals surface area contributed by atoms with Gasteiger partial charge in [0.2, 0.25) is 0 Å². The van der Waals surface area contributed by atoms with Gasteiger partial charge in [-0.1, -0.05) is 0 Å². The highest BCUT2D eigenvalue weighted by Gasteiger charge is 2.32. The van der Waals surface area contributed by atoms with Gasteiger partial charge in [0.25, 0.3) is 15.0 Å². The van der Waals surface area contributed by atoms with E-state index in [-0.39, 0.29) is 10.5 Å². The van der Waals surface area contributed by atoms with E-state index in [9.17, 15) is 17.6 Å². The second-order valence-corrected chi connectivity index (χ2v) is 7.46. The first kappa shape index (κ1) is 15.2. The first-order valence-electron chi connectivity index (χ1n) is 5.86. The molecule has 1 aromatic rings. The van der Waals surface area contributed by atoms with Crippen molar-refractivity contribution in [3.63, 3.8) is 0 Å². The van der Waals surface area contributed by atoms with E-state index in [1.54, 1.807) is 6.92 Å². The van der Waals surface area contributed by atoms with Crippen LogP contribution in [-0.2, 0) is 13.8 Å². The minimum atomic E-state index is -4.02.